The lowest BCUT2D eigenvalue weighted by Gasteiger charge is -2.23. The molecule has 17 nitrogen and oxygen atoms in total. The molecule has 0 bridgehead atoms. The minimum Gasteiger partial charge on any atom is -0.386 e. The van der Waals surface area contributed by atoms with Crippen LogP contribution in [0.4, 0.5) is 14.6 Å². The Morgan fingerprint density at radius 2 is 1.94 bits per heavy atom. The molecule has 1 aromatic rings. The van der Waals surface area contributed by atoms with Crippen molar-refractivity contribution in [2.24, 2.45) is 0 Å². The zero-order chi connectivity index (χ0) is 27.0. The number of aromatic nitrogens is 3. The summed E-state index contributed by atoms with van der Waals surface area (Å²) in [6.45, 7) is -5.33. The molecule has 3 unspecified atom stereocenters. The van der Waals surface area contributed by atoms with E-state index in [9.17, 15) is 32.9 Å². The highest BCUT2D eigenvalue weighted by atomic mass is 31.3. The average Bonchev–Trinajstić information content (AvgIpc) is 2.88. The molecule has 2 rings (SSSR count). The molecule has 0 radical (unpaired) electrons. The summed E-state index contributed by atoms with van der Waals surface area (Å²) in [5.41, 5.74) is 0.320. The average molecular weight is 544 g/mol. The lowest BCUT2D eigenvalue weighted by Crippen LogP contribution is -2.45. The van der Waals surface area contributed by atoms with Gasteiger partial charge in [0.25, 0.3) is 0 Å². The van der Waals surface area contributed by atoms with Crippen molar-refractivity contribution in [3.05, 3.63) is 16.7 Å². The smallest absolute Gasteiger partial charge is 0.386 e. The molecule has 0 aliphatic carbocycles. The number of anilines is 1. The van der Waals surface area contributed by atoms with E-state index in [0.717, 1.165) is 0 Å². The Balaban J connectivity index is 2.43. The monoisotopic (exact) mass is 544 g/mol. The van der Waals surface area contributed by atoms with Gasteiger partial charge in [-0.05, 0) is 0 Å². The quantitative estimate of drug-likeness (QED) is 0.161. The number of nitrogens with two attached hydrogens (primary N) is 1. The summed E-state index contributed by atoms with van der Waals surface area (Å²) in [5.74, 6) is 2.73. The number of alkyl halides is 2. The molecule has 1 aliphatic rings. The molecule has 1 saturated heterocycles. The maximum absolute atomic E-state index is 15.6. The Labute approximate surface area is 184 Å². The predicted molar refractivity (Wildman–Crippen MR) is 98.0 cm³/mol. The van der Waals surface area contributed by atoms with Crippen LogP contribution in [0.2, 0.25) is 0 Å². The fourth-order valence-corrected chi connectivity index (χ4v) is 5.12. The van der Waals surface area contributed by atoms with Crippen molar-refractivity contribution >= 4 is 29.3 Å². The van der Waals surface area contributed by atoms with Crippen molar-refractivity contribution in [3.8, 4) is 11.8 Å². The van der Waals surface area contributed by atoms with E-state index in [1.165, 1.54) is 0 Å². The normalized spacial score (nSPS) is 30.3. The van der Waals surface area contributed by atoms with Crippen LogP contribution in [0, 0.1) is 11.8 Å². The molecule has 22 heteroatoms. The van der Waals surface area contributed by atoms with E-state index in [0.29, 0.717) is 6.20 Å². The van der Waals surface area contributed by atoms with Gasteiger partial charge in [0.15, 0.2) is 0 Å². The van der Waals surface area contributed by atoms with Gasteiger partial charge in [0.1, 0.15) is 24.7 Å². The third-order valence-corrected chi connectivity index (χ3v) is 7.02. The lowest BCUT2D eigenvalue weighted by atomic mass is 9.97. The Hall–Kier alpha value is -1.64. The summed E-state index contributed by atoms with van der Waals surface area (Å²) in [6, 6.07) is 0. The third-order valence-electron chi connectivity index (χ3n) is 3.36. The fraction of sp³-hybridized carbons (Fsp3) is 0.545. The maximum Gasteiger partial charge on any atom is 0.490 e. The van der Waals surface area contributed by atoms with Crippen molar-refractivity contribution in [1.29, 1.82) is 0 Å². The van der Waals surface area contributed by atoms with E-state index in [-0.39, 0.29) is 4.68 Å². The Morgan fingerprint density at radius 3 is 2.48 bits per heavy atom. The molecular weight excluding hydrogens is 527 g/mol. The number of nitrogens with zero attached hydrogens (tertiary/aromatic N) is 3. The van der Waals surface area contributed by atoms with Crippen LogP contribution in [0.15, 0.2) is 11.0 Å². The first kappa shape index (κ1) is 24.5. The van der Waals surface area contributed by atoms with Crippen LogP contribution in [-0.2, 0) is 31.6 Å². The van der Waals surface area contributed by atoms with Crippen molar-refractivity contribution in [2.75, 3.05) is 19.0 Å². The standard InChI is InChI=1S/C11H15F2N4O13P3/c12-3-1-2-11(13)8(18)6(28-9(11)17-10(19)16-7(14)4-15-17)5-27-32(23,24)30-33(25,26)29-31(20,21)22/h4,6,8-9,18H,3,5H2,(H,23,24)(H,25,26)(H2,14,16,19)(H2,20,21,22)/t6-,8+,9-,11?/m1/s1/i5D2. The number of halogens is 2. The summed E-state index contributed by atoms with van der Waals surface area (Å²) in [7, 11) is -18.0. The molecule has 1 aromatic heterocycles. The SMILES string of the molecule is [2H]C([2H])(OP(=O)(O)OP(=O)(O)OP(=O)(O)O)[C@H]1O[C@@H](n2ncc(N)nc2=O)C(F)(C#CCF)[C@H]1O. The van der Waals surface area contributed by atoms with Crippen LogP contribution >= 0.6 is 23.5 Å². The number of aliphatic hydroxyl groups is 1. The number of nitrogen functional groups attached to an aromatic ring is 1. The van der Waals surface area contributed by atoms with Crippen LogP contribution < -0.4 is 11.4 Å². The van der Waals surface area contributed by atoms with Gasteiger partial charge in [-0.1, -0.05) is 11.8 Å². The Bertz CT molecular complexity index is 1240. The molecular formula is C11H15F2N4O13P3. The Kier molecular flexibility index (Phi) is 7.36. The highest BCUT2D eigenvalue weighted by molar-refractivity contribution is 7.66. The first-order chi connectivity index (χ1) is 15.7. The number of rotatable bonds is 8. The van der Waals surface area contributed by atoms with Crippen LogP contribution in [0.1, 0.15) is 8.97 Å². The zero-order valence-corrected chi connectivity index (χ0v) is 18.2. The van der Waals surface area contributed by atoms with Crippen LogP contribution in [0.25, 0.3) is 0 Å². The van der Waals surface area contributed by atoms with E-state index in [1.807, 2.05) is 0 Å². The second-order valence-corrected chi connectivity index (χ2v) is 10.1. The number of phosphoric ester groups is 1. The summed E-state index contributed by atoms with van der Waals surface area (Å²) in [5, 5.41) is 13.8. The molecule has 2 heterocycles. The third kappa shape index (κ3) is 7.17. The van der Waals surface area contributed by atoms with E-state index >= 15 is 4.39 Å². The van der Waals surface area contributed by atoms with Gasteiger partial charge in [0.05, 0.1) is 15.5 Å². The van der Waals surface area contributed by atoms with Crippen molar-refractivity contribution in [2.45, 2.75) is 24.1 Å². The van der Waals surface area contributed by atoms with E-state index < -0.39 is 72.3 Å². The molecule has 186 valence electrons. The van der Waals surface area contributed by atoms with E-state index in [2.05, 4.69) is 23.2 Å². The first-order valence-corrected chi connectivity index (χ1v) is 12.4. The molecule has 6 atom stereocenters. The summed E-state index contributed by atoms with van der Waals surface area (Å²) < 4.78 is 93.6. The predicted octanol–water partition coefficient (Wildman–Crippen LogP) is -1.50. The molecule has 0 aromatic carbocycles. The summed E-state index contributed by atoms with van der Waals surface area (Å²) >= 11 is 0. The van der Waals surface area contributed by atoms with Gasteiger partial charge in [-0.15, -0.1) is 0 Å². The van der Waals surface area contributed by atoms with Gasteiger partial charge >= 0.3 is 29.2 Å². The lowest BCUT2D eigenvalue weighted by molar-refractivity contribution is -0.0601. The van der Waals surface area contributed by atoms with Crippen LogP contribution in [0.5, 0.6) is 0 Å². The summed E-state index contributed by atoms with van der Waals surface area (Å²) in [6.07, 6.45) is -7.28. The largest absolute Gasteiger partial charge is 0.490 e. The fourth-order valence-electron chi connectivity index (χ4n) is 2.25. The molecule has 0 saturated carbocycles. The number of phosphoric acid groups is 3. The van der Waals surface area contributed by atoms with Crippen LogP contribution in [0.3, 0.4) is 0 Å². The highest BCUT2D eigenvalue weighted by Crippen LogP contribution is 2.66. The maximum atomic E-state index is 15.6. The highest BCUT2D eigenvalue weighted by Gasteiger charge is 2.59. The zero-order valence-electron chi connectivity index (χ0n) is 17.5. The first-order valence-electron chi connectivity index (χ1n) is 8.87. The molecule has 0 amide bonds. The van der Waals surface area contributed by atoms with Gasteiger partial charge in [-0.3, -0.25) is 4.52 Å². The van der Waals surface area contributed by atoms with Gasteiger partial charge in [0.2, 0.25) is 11.9 Å². The minimum atomic E-state index is -6.15. The van der Waals surface area contributed by atoms with Crippen molar-refractivity contribution in [3.63, 3.8) is 0 Å². The number of hydrogen-bond acceptors (Lipinski definition) is 12. The number of aliphatic hydroxyl groups excluding tert-OH is 1. The second kappa shape index (κ2) is 9.92. The van der Waals surface area contributed by atoms with Crippen LogP contribution in [-0.4, -0.2) is 70.6 Å². The van der Waals surface area contributed by atoms with Gasteiger partial charge in [0, 0.05) is 0 Å². The van der Waals surface area contributed by atoms with E-state index in [4.69, 9.17) is 27.9 Å². The van der Waals surface area contributed by atoms with E-state index in [1.54, 1.807) is 11.8 Å². The molecule has 33 heavy (non-hydrogen) atoms. The minimum absolute atomic E-state index is 0.0907. The topological polar surface area (TPSA) is 263 Å². The molecule has 1 fully saturated rings. The van der Waals surface area contributed by atoms with Crippen molar-refractivity contribution < 1.29 is 67.8 Å². The van der Waals surface area contributed by atoms with Gasteiger partial charge in [-0.2, -0.15) is 23.4 Å². The van der Waals surface area contributed by atoms with Gasteiger partial charge in [-0.25, -0.2) is 27.3 Å². The van der Waals surface area contributed by atoms with Crippen molar-refractivity contribution in [1.82, 2.24) is 14.8 Å². The summed E-state index contributed by atoms with van der Waals surface area (Å²) in [4.78, 5) is 51.0. The number of hydrogen-bond donors (Lipinski definition) is 6. The molecule has 7 N–H and O–H groups in total. The molecule has 1 aliphatic heterocycles. The Morgan fingerprint density at radius 1 is 1.30 bits per heavy atom. The number of ether oxygens (including phenoxy) is 1. The van der Waals surface area contributed by atoms with Gasteiger partial charge < -0.3 is 35.2 Å². The second-order valence-electron chi connectivity index (χ2n) is 5.77. The molecule has 0 spiro atoms.